The van der Waals surface area contributed by atoms with Crippen LogP contribution in [0.2, 0.25) is 5.02 Å². The van der Waals surface area contributed by atoms with Crippen LogP contribution < -0.4 is 4.90 Å². The molecule has 10 heteroatoms. The van der Waals surface area contributed by atoms with E-state index < -0.39 is 10.0 Å². The summed E-state index contributed by atoms with van der Waals surface area (Å²) in [6.45, 7) is 5.82. The monoisotopic (exact) mass is 522 g/mol. The Bertz CT molecular complexity index is 1230. The first-order valence-corrected chi connectivity index (χ1v) is 13.9. The average Bonchev–Trinajstić information content (AvgIpc) is 3.24. The van der Waals surface area contributed by atoms with Crippen molar-refractivity contribution in [3.05, 3.63) is 53.1 Å². The molecule has 2 aromatic carbocycles. The molecule has 0 spiro atoms. The van der Waals surface area contributed by atoms with Gasteiger partial charge in [-0.1, -0.05) is 49.3 Å². The van der Waals surface area contributed by atoms with E-state index in [-0.39, 0.29) is 10.8 Å². The lowest BCUT2D eigenvalue weighted by Gasteiger charge is -2.23. The zero-order valence-corrected chi connectivity index (χ0v) is 22.4. The molecular weight excluding hydrogens is 492 g/mol. The maximum absolute atomic E-state index is 13.5. The first-order chi connectivity index (χ1) is 16.2. The number of benzene rings is 2. The third kappa shape index (κ3) is 5.95. The molecule has 0 aliphatic heterocycles. The van der Waals surface area contributed by atoms with Gasteiger partial charge in [0, 0.05) is 31.7 Å². The third-order valence-electron chi connectivity index (χ3n) is 5.46. The molecule has 3 rings (SSSR count). The number of thiazole rings is 1. The van der Waals surface area contributed by atoms with Crippen molar-refractivity contribution in [3.63, 3.8) is 0 Å². The summed E-state index contributed by atoms with van der Waals surface area (Å²) in [6, 6.07) is 11.7. The van der Waals surface area contributed by atoms with Crippen LogP contribution in [0.1, 0.15) is 37.0 Å². The van der Waals surface area contributed by atoms with Crippen molar-refractivity contribution in [3.8, 4) is 0 Å². The van der Waals surface area contributed by atoms with E-state index in [4.69, 9.17) is 11.6 Å². The fraction of sp³-hybridized carbons (Fsp3) is 0.417. The smallest absolute Gasteiger partial charge is 0.260 e. The molecule has 0 saturated heterocycles. The van der Waals surface area contributed by atoms with Crippen molar-refractivity contribution in [2.45, 2.75) is 31.6 Å². The summed E-state index contributed by atoms with van der Waals surface area (Å²) in [7, 11) is 0.275. The van der Waals surface area contributed by atoms with Crippen molar-refractivity contribution in [1.82, 2.24) is 14.2 Å². The van der Waals surface area contributed by atoms with E-state index in [1.165, 1.54) is 27.8 Å². The number of halogens is 1. The molecular formula is C24H31ClN4O3S2. The molecule has 0 bridgehead atoms. The number of rotatable bonds is 11. The van der Waals surface area contributed by atoms with Gasteiger partial charge in [0.2, 0.25) is 10.0 Å². The summed E-state index contributed by atoms with van der Waals surface area (Å²) in [5.41, 5.74) is 1.07. The number of aromatic nitrogens is 1. The van der Waals surface area contributed by atoms with Gasteiger partial charge in [-0.3, -0.25) is 9.69 Å². The van der Waals surface area contributed by atoms with Gasteiger partial charge in [-0.05, 0) is 56.9 Å². The van der Waals surface area contributed by atoms with Crippen LogP contribution >= 0.6 is 22.9 Å². The first kappa shape index (κ1) is 26.6. The number of fused-ring (bicyclic) bond motifs is 1. The molecule has 0 unspecified atom stereocenters. The van der Waals surface area contributed by atoms with Gasteiger partial charge in [0.15, 0.2) is 5.13 Å². The van der Waals surface area contributed by atoms with Crippen LogP contribution in [-0.2, 0) is 10.0 Å². The highest BCUT2D eigenvalue weighted by atomic mass is 35.5. The average molecular weight is 523 g/mol. The Morgan fingerprint density at radius 2 is 1.74 bits per heavy atom. The highest BCUT2D eigenvalue weighted by Gasteiger charge is 2.25. The lowest BCUT2D eigenvalue weighted by atomic mass is 10.2. The number of hydrogen-bond acceptors (Lipinski definition) is 6. The van der Waals surface area contributed by atoms with Crippen molar-refractivity contribution < 1.29 is 13.2 Å². The Hall–Kier alpha value is -2.04. The zero-order valence-electron chi connectivity index (χ0n) is 20.0. The molecule has 3 aromatic rings. The second kappa shape index (κ2) is 11.6. The standard InChI is InChI=1S/C24H31ClN4O3S2/c1-5-7-15-28(6-2)34(31,32)19-13-11-18(12-14-19)23(30)29(17-16-27(3)4)24-26-22-20(25)9-8-10-21(22)33-24/h8-14H,5-7,15-17H2,1-4H3. The Labute approximate surface area is 211 Å². The fourth-order valence-electron chi connectivity index (χ4n) is 3.46. The lowest BCUT2D eigenvalue weighted by molar-refractivity contribution is 0.0985. The number of para-hydroxylation sites is 1. The van der Waals surface area contributed by atoms with Crippen LogP contribution in [0.3, 0.4) is 0 Å². The minimum atomic E-state index is -3.60. The summed E-state index contributed by atoms with van der Waals surface area (Å²) >= 11 is 7.70. The second-order valence-corrected chi connectivity index (χ2v) is 11.6. The van der Waals surface area contributed by atoms with E-state index in [1.54, 1.807) is 23.1 Å². The van der Waals surface area contributed by atoms with Crippen LogP contribution in [0.4, 0.5) is 5.13 Å². The minimum absolute atomic E-state index is 0.189. The van der Waals surface area contributed by atoms with Gasteiger partial charge >= 0.3 is 0 Å². The molecule has 0 N–H and O–H groups in total. The van der Waals surface area contributed by atoms with Gasteiger partial charge < -0.3 is 4.90 Å². The van der Waals surface area contributed by atoms with E-state index in [0.717, 1.165) is 17.5 Å². The van der Waals surface area contributed by atoms with Crippen LogP contribution in [0.25, 0.3) is 10.2 Å². The number of carbonyl (C=O) groups is 1. The molecule has 0 fully saturated rings. The van der Waals surface area contributed by atoms with E-state index in [9.17, 15) is 13.2 Å². The summed E-state index contributed by atoms with van der Waals surface area (Å²) < 4.78 is 28.4. The highest BCUT2D eigenvalue weighted by molar-refractivity contribution is 7.89. The number of unbranched alkanes of at least 4 members (excludes halogenated alkanes) is 1. The molecule has 1 amide bonds. The first-order valence-electron chi connectivity index (χ1n) is 11.3. The number of anilines is 1. The normalized spacial score (nSPS) is 12.1. The van der Waals surface area contributed by atoms with E-state index >= 15 is 0 Å². The van der Waals surface area contributed by atoms with Gasteiger partial charge in [0.25, 0.3) is 5.91 Å². The minimum Gasteiger partial charge on any atom is -0.308 e. The number of carbonyl (C=O) groups excluding carboxylic acids is 1. The summed E-state index contributed by atoms with van der Waals surface area (Å²) in [6.07, 6.45) is 1.72. The maximum atomic E-state index is 13.5. The molecule has 0 saturated carbocycles. The number of amides is 1. The number of hydrogen-bond donors (Lipinski definition) is 0. The topological polar surface area (TPSA) is 73.8 Å². The van der Waals surface area contributed by atoms with Crippen molar-refractivity contribution in [1.29, 1.82) is 0 Å². The molecule has 184 valence electrons. The number of sulfonamides is 1. The third-order valence-corrected chi connectivity index (χ3v) is 8.80. The molecule has 1 aromatic heterocycles. The Kier molecular flexibility index (Phi) is 9.06. The maximum Gasteiger partial charge on any atom is 0.260 e. The molecule has 0 atom stereocenters. The molecule has 1 heterocycles. The second-order valence-electron chi connectivity index (χ2n) is 8.22. The predicted octanol–water partition coefficient (Wildman–Crippen LogP) is 4.97. The van der Waals surface area contributed by atoms with Gasteiger partial charge in [-0.2, -0.15) is 4.31 Å². The van der Waals surface area contributed by atoms with Gasteiger partial charge in [0.1, 0.15) is 5.52 Å². The Balaban J connectivity index is 1.91. The molecule has 0 aliphatic rings. The Morgan fingerprint density at radius 3 is 2.32 bits per heavy atom. The van der Waals surface area contributed by atoms with Gasteiger partial charge in [-0.25, -0.2) is 13.4 Å². The number of nitrogens with zero attached hydrogens (tertiary/aromatic N) is 4. The molecule has 0 aliphatic carbocycles. The molecule has 34 heavy (non-hydrogen) atoms. The zero-order chi connectivity index (χ0) is 24.9. The van der Waals surface area contributed by atoms with Crippen LogP contribution in [0, 0.1) is 0 Å². The number of likely N-dealkylation sites (N-methyl/N-ethyl adjacent to an activating group) is 1. The van der Waals surface area contributed by atoms with Crippen molar-refractivity contribution >= 4 is 54.2 Å². The van der Waals surface area contributed by atoms with Crippen molar-refractivity contribution in [2.75, 3.05) is 45.2 Å². The van der Waals surface area contributed by atoms with Crippen LogP contribution in [0.5, 0.6) is 0 Å². The largest absolute Gasteiger partial charge is 0.308 e. The van der Waals surface area contributed by atoms with E-state index in [0.29, 0.717) is 47.4 Å². The molecule has 0 radical (unpaired) electrons. The van der Waals surface area contributed by atoms with Crippen LogP contribution in [0.15, 0.2) is 47.4 Å². The predicted molar refractivity (Wildman–Crippen MR) is 141 cm³/mol. The van der Waals surface area contributed by atoms with E-state index in [2.05, 4.69) is 4.98 Å². The van der Waals surface area contributed by atoms with Gasteiger partial charge in [-0.15, -0.1) is 0 Å². The van der Waals surface area contributed by atoms with Crippen LogP contribution in [-0.4, -0.2) is 68.8 Å². The van der Waals surface area contributed by atoms with E-state index in [1.807, 2.05) is 45.0 Å². The SMILES string of the molecule is CCCCN(CC)S(=O)(=O)c1ccc(C(=O)N(CCN(C)C)c2nc3c(Cl)cccc3s2)cc1. The summed E-state index contributed by atoms with van der Waals surface area (Å²) in [5.74, 6) is -0.237. The molecule has 7 nitrogen and oxygen atoms in total. The lowest BCUT2D eigenvalue weighted by Crippen LogP contribution is -2.36. The fourth-order valence-corrected chi connectivity index (χ4v) is 6.24. The van der Waals surface area contributed by atoms with Gasteiger partial charge in [0.05, 0.1) is 14.6 Å². The highest BCUT2D eigenvalue weighted by Crippen LogP contribution is 2.33. The Morgan fingerprint density at radius 1 is 1.03 bits per heavy atom. The quantitative estimate of drug-likeness (QED) is 0.355. The summed E-state index contributed by atoms with van der Waals surface area (Å²) in [5, 5.41) is 1.10. The van der Waals surface area contributed by atoms with Crippen molar-refractivity contribution in [2.24, 2.45) is 0 Å². The summed E-state index contributed by atoms with van der Waals surface area (Å²) in [4.78, 5) is 21.9.